The molecule has 3 atom stereocenters. The smallest absolute Gasteiger partial charge is 0.268 e. The summed E-state index contributed by atoms with van der Waals surface area (Å²) in [5.74, 6) is -0.527. The molecule has 24 heteroatoms. The van der Waals surface area contributed by atoms with Gasteiger partial charge in [0.25, 0.3) is 27.5 Å². The lowest BCUT2D eigenvalue weighted by molar-refractivity contribution is -0.343. The van der Waals surface area contributed by atoms with Gasteiger partial charge in [0.05, 0.1) is 106 Å². The second kappa shape index (κ2) is 27.4. The molecule has 0 bridgehead atoms. The molecule has 1 aliphatic heterocycles. The fraction of sp³-hybridized carbons (Fsp3) is 0.839. The molecule has 2 aliphatic rings. The molecular weight excluding hydrogens is 799 g/mol. The van der Waals surface area contributed by atoms with Crippen molar-refractivity contribution in [2.45, 2.75) is 58.0 Å². The zero-order chi connectivity index (χ0) is 40.6. The highest BCUT2D eigenvalue weighted by molar-refractivity contribution is 7.46. The minimum absolute atomic E-state index is 0.00912. The second-order valence-corrected chi connectivity index (χ2v) is 16.2. The lowest BCUT2D eigenvalue weighted by Crippen LogP contribution is -2.36. The Hall–Kier alpha value is -1.32. The second-order valence-electron chi connectivity index (χ2n) is 12.2. The van der Waals surface area contributed by atoms with Gasteiger partial charge < -0.3 is 70.4 Å². The average molecular weight is 852 g/mol. The van der Waals surface area contributed by atoms with E-state index in [1.165, 1.54) is 24.0 Å². The van der Waals surface area contributed by atoms with Crippen LogP contribution in [0.3, 0.4) is 0 Å². The van der Waals surface area contributed by atoms with Gasteiger partial charge in [0.1, 0.15) is 5.78 Å². The van der Waals surface area contributed by atoms with Gasteiger partial charge in [-0.1, -0.05) is 6.92 Å². The third-order valence-electron chi connectivity index (χ3n) is 8.05. The number of hydrogen-bond acceptors (Lipinski definition) is 20. The summed E-state index contributed by atoms with van der Waals surface area (Å²) in [7, 11) is -14.6. The number of carbonyl (C=O) groups excluding carboxylic acids is 3. The maximum Gasteiger partial charge on any atom is 0.268 e. The first kappa shape index (κ1) is 49.8. The number of imide groups is 1. The first-order chi connectivity index (χ1) is 26.1. The molecule has 55 heavy (non-hydrogen) atoms. The molecule has 0 aromatic carbocycles. The number of carbonyl (C=O) groups is 3. The van der Waals surface area contributed by atoms with Gasteiger partial charge in [-0.2, -0.15) is 0 Å². The molecule has 2 rings (SSSR count). The van der Waals surface area contributed by atoms with Crippen LogP contribution in [0.4, 0.5) is 0 Å². The Labute approximate surface area is 320 Å². The summed E-state index contributed by atoms with van der Waals surface area (Å²) >= 11 is 0. The van der Waals surface area contributed by atoms with Crippen LogP contribution in [-0.2, 0) is 74.4 Å². The molecule has 0 N–H and O–H groups in total. The number of phosphoric acid groups is 3. The van der Waals surface area contributed by atoms with Gasteiger partial charge in [-0.3, -0.25) is 28.4 Å². The molecule has 0 aromatic rings. The van der Waals surface area contributed by atoms with E-state index in [0.717, 1.165) is 12.8 Å². The van der Waals surface area contributed by atoms with Gasteiger partial charge in [0.2, 0.25) is 0 Å². The van der Waals surface area contributed by atoms with Gasteiger partial charge in [-0.05, 0) is 44.4 Å². The van der Waals surface area contributed by atoms with E-state index in [9.17, 15) is 47.7 Å². The molecule has 1 saturated carbocycles. The van der Waals surface area contributed by atoms with Gasteiger partial charge in [-0.25, -0.2) is 0 Å². The number of Topliss-reactive ketones (excluding diaryl/α,β-unsaturated/α-hetero) is 1. The van der Waals surface area contributed by atoms with E-state index in [1.807, 2.05) is 0 Å². The quantitative estimate of drug-likeness (QED) is 0.0459. The number of ketones is 1. The summed E-state index contributed by atoms with van der Waals surface area (Å²) in [5.41, 5.74) is 0. The van der Waals surface area contributed by atoms with Crippen molar-refractivity contribution in [2.75, 3.05) is 99.0 Å². The normalized spacial score (nSPS) is 20.5. The highest BCUT2D eigenvalue weighted by atomic mass is 31.2. The molecule has 21 nitrogen and oxygen atoms in total. The fourth-order valence-corrected chi connectivity index (χ4v) is 7.22. The topological polar surface area (TPSA) is 290 Å². The van der Waals surface area contributed by atoms with E-state index in [2.05, 4.69) is 13.6 Å². The minimum Gasteiger partial charge on any atom is -0.790 e. The Balaban J connectivity index is 1.32. The van der Waals surface area contributed by atoms with E-state index in [-0.39, 0.29) is 128 Å². The molecule has 1 fully saturated rings. The van der Waals surface area contributed by atoms with Crippen molar-refractivity contribution in [3.8, 4) is 0 Å². The van der Waals surface area contributed by atoms with Crippen LogP contribution in [0.15, 0.2) is 12.2 Å². The molecule has 3 unspecified atom stereocenters. The monoisotopic (exact) mass is 851 g/mol. The maximum atomic E-state index is 12.6. The van der Waals surface area contributed by atoms with E-state index in [0.29, 0.717) is 26.0 Å². The van der Waals surface area contributed by atoms with E-state index < -0.39 is 36.2 Å². The lowest BCUT2D eigenvalue weighted by Gasteiger charge is -2.32. The van der Waals surface area contributed by atoms with E-state index >= 15 is 0 Å². The highest BCUT2D eigenvalue weighted by Gasteiger charge is 2.31. The van der Waals surface area contributed by atoms with Crippen LogP contribution < -0.4 is 19.6 Å². The Morgan fingerprint density at radius 3 is 1.56 bits per heavy atom. The Kier molecular flexibility index (Phi) is 24.8. The van der Waals surface area contributed by atoms with Crippen molar-refractivity contribution in [2.24, 2.45) is 11.8 Å². The number of phosphoric ester groups is 3. The number of nitrogens with zero attached hydrogens (tertiary/aromatic N) is 1. The Bertz CT molecular complexity index is 1290. The number of amides is 2. The third-order valence-corrected chi connectivity index (χ3v) is 10.6. The lowest BCUT2D eigenvalue weighted by atomic mass is 9.79. The largest absolute Gasteiger partial charge is 0.790 e. The predicted octanol–water partition coefficient (Wildman–Crippen LogP) is -0.223. The van der Waals surface area contributed by atoms with E-state index in [1.54, 1.807) is 0 Å². The van der Waals surface area contributed by atoms with Gasteiger partial charge in [0, 0.05) is 31.0 Å². The van der Waals surface area contributed by atoms with Crippen LogP contribution in [0.2, 0.25) is 0 Å². The summed E-state index contributed by atoms with van der Waals surface area (Å²) in [6, 6.07) is 0. The predicted molar refractivity (Wildman–Crippen MR) is 181 cm³/mol. The van der Waals surface area contributed by atoms with Crippen molar-refractivity contribution < 1.29 is 94.0 Å². The van der Waals surface area contributed by atoms with Crippen LogP contribution in [0.25, 0.3) is 0 Å². The molecule has 0 saturated heterocycles. The van der Waals surface area contributed by atoms with Crippen LogP contribution in [0.5, 0.6) is 0 Å². The number of hydrogen-bond donors (Lipinski definition) is 0. The zero-order valence-electron chi connectivity index (χ0n) is 30.9. The van der Waals surface area contributed by atoms with Gasteiger partial charge in [-0.15, -0.1) is 0 Å². The van der Waals surface area contributed by atoms with Crippen LogP contribution in [0.1, 0.15) is 51.9 Å². The molecular formula is C31H52NO20P3-4. The summed E-state index contributed by atoms with van der Waals surface area (Å²) in [6.07, 6.45) is 4.58. The standard InChI is InChI=1S/C31H56NO20P3/c1-2-28(25-51-53(36,37)38)52-55(41,42)50-23-21-47-19-17-45-15-13-43-12-14-44-16-18-46-20-22-49-54(39,40)48-11-3-4-29(33)27-7-5-26(6-8-27)24-32-30(34)9-10-31(32)35/h9-10,26-28H,2-8,11-25H2,1H3,(H,39,40)(H,41,42)(H2,36,37,38)/p-4. The number of rotatable bonds is 34. The molecule has 0 radical (unpaired) electrons. The molecule has 1 heterocycles. The SMILES string of the molecule is CCC(COP(=O)([O-])[O-])OP(=O)([O-])OCCOCCOCCOCCOCCOCCOP(=O)([O-])OCCCC(=O)C1CCC(CN2C(=O)C=CC2=O)CC1. The van der Waals surface area contributed by atoms with Crippen molar-refractivity contribution in [1.29, 1.82) is 0 Å². The van der Waals surface area contributed by atoms with Crippen LogP contribution in [-0.4, -0.2) is 128 Å². The molecule has 320 valence electrons. The Morgan fingerprint density at radius 2 is 1.11 bits per heavy atom. The third kappa shape index (κ3) is 24.3. The minimum atomic E-state index is -5.26. The van der Waals surface area contributed by atoms with E-state index in [4.69, 9.17) is 32.7 Å². The van der Waals surface area contributed by atoms with Crippen LogP contribution in [0, 0.1) is 11.8 Å². The molecule has 0 spiro atoms. The summed E-state index contributed by atoms with van der Waals surface area (Å²) in [5, 5.41) is 0. The summed E-state index contributed by atoms with van der Waals surface area (Å²) in [4.78, 5) is 82.1. The van der Waals surface area contributed by atoms with Crippen molar-refractivity contribution in [3.63, 3.8) is 0 Å². The molecule has 1 aliphatic carbocycles. The van der Waals surface area contributed by atoms with Gasteiger partial charge in [0.15, 0.2) is 0 Å². The first-order valence-corrected chi connectivity index (χ1v) is 22.3. The van der Waals surface area contributed by atoms with Crippen LogP contribution >= 0.6 is 23.5 Å². The Morgan fingerprint density at radius 1 is 0.673 bits per heavy atom. The first-order valence-electron chi connectivity index (χ1n) is 18.0. The highest BCUT2D eigenvalue weighted by Crippen LogP contribution is 2.41. The summed E-state index contributed by atoms with van der Waals surface area (Å²) in [6.45, 7) is 2.16. The zero-order valence-corrected chi connectivity index (χ0v) is 33.6. The summed E-state index contributed by atoms with van der Waals surface area (Å²) < 4.78 is 83.7. The molecule has 2 amide bonds. The number of ether oxygens (including phenoxy) is 5. The van der Waals surface area contributed by atoms with Crippen molar-refractivity contribution in [3.05, 3.63) is 12.2 Å². The van der Waals surface area contributed by atoms with Crippen molar-refractivity contribution in [1.82, 2.24) is 4.90 Å². The maximum absolute atomic E-state index is 12.6. The fourth-order valence-electron chi connectivity index (χ4n) is 5.21. The van der Waals surface area contributed by atoms with Gasteiger partial charge >= 0.3 is 0 Å². The van der Waals surface area contributed by atoms with Crippen molar-refractivity contribution >= 4 is 41.1 Å². The average Bonchev–Trinajstić information content (AvgIpc) is 3.44. The molecule has 0 aromatic heterocycles.